The van der Waals surface area contributed by atoms with Gasteiger partial charge in [0.2, 0.25) is 5.78 Å². The standard InChI is InChI=1S/C11H10O3/c1-9(12)11(13)14-8-7-10-5-3-2-4-6-10/h2-8H,1H3. The van der Waals surface area contributed by atoms with Gasteiger partial charge in [0.25, 0.3) is 0 Å². The van der Waals surface area contributed by atoms with Crippen molar-refractivity contribution in [3.8, 4) is 0 Å². The van der Waals surface area contributed by atoms with Crippen LogP contribution in [-0.4, -0.2) is 11.8 Å². The molecule has 0 spiro atoms. The number of hydrogen-bond donors (Lipinski definition) is 0. The van der Waals surface area contributed by atoms with Crippen LogP contribution in [-0.2, 0) is 14.3 Å². The lowest BCUT2D eigenvalue weighted by molar-refractivity contribution is -0.148. The monoisotopic (exact) mass is 190 g/mol. The van der Waals surface area contributed by atoms with Crippen molar-refractivity contribution in [3.05, 3.63) is 42.2 Å². The van der Waals surface area contributed by atoms with Crippen molar-refractivity contribution >= 4 is 17.8 Å². The summed E-state index contributed by atoms with van der Waals surface area (Å²) < 4.78 is 4.54. The lowest BCUT2D eigenvalue weighted by Gasteiger charge is -1.93. The zero-order valence-corrected chi connectivity index (χ0v) is 7.77. The van der Waals surface area contributed by atoms with Crippen LogP contribution in [0.1, 0.15) is 12.5 Å². The summed E-state index contributed by atoms with van der Waals surface area (Å²) in [6.07, 6.45) is 2.82. The van der Waals surface area contributed by atoms with Crippen molar-refractivity contribution in [3.63, 3.8) is 0 Å². The normalized spacial score (nSPS) is 10.1. The molecule has 0 atom stereocenters. The number of hydrogen-bond acceptors (Lipinski definition) is 3. The van der Waals surface area contributed by atoms with Crippen LogP contribution in [0.15, 0.2) is 36.6 Å². The smallest absolute Gasteiger partial charge is 0.379 e. The van der Waals surface area contributed by atoms with Crippen LogP contribution >= 0.6 is 0 Å². The maximum absolute atomic E-state index is 10.7. The molecule has 1 aromatic rings. The van der Waals surface area contributed by atoms with E-state index in [0.717, 1.165) is 5.56 Å². The van der Waals surface area contributed by atoms with Crippen LogP contribution in [0.3, 0.4) is 0 Å². The second-order valence-corrected chi connectivity index (χ2v) is 2.67. The summed E-state index contributed by atoms with van der Waals surface area (Å²) in [5, 5.41) is 0. The highest BCUT2D eigenvalue weighted by Gasteiger charge is 2.05. The first-order chi connectivity index (χ1) is 6.70. The number of carbonyl (C=O) groups excluding carboxylic acids is 2. The molecule has 0 saturated carbocycles. The first kappa shape index (κ1) is 10.2. The zero-order valence-electron chi connectivity index (χ0n) is 7.77. The molecule has 0 heterocycles. The minimum atomic E-state index is -0.850. The average molecular weight is 190 g/mol. The molecule has 0 N–H and O–H groups in total. The number of Topliss-reactive ketones (excluding diaryl/α,β-unsaturated/α-hetero) is 1. The van der Waals surface area contributed by atoms with Crippen molar-refractivity contribution < 1.29 is 14.3 Å². The summed E-state index contributed by atoms with van der Waals surface area (Å²) in [5.41, 5.74) is 0.906. The first-order valence-electron chi connectivity index (χ1n) is 4.13. The van der Waals surface area contributed by atoms with E-state index in [1.54, 1.807) is 6.08 Å². The second kappa shape index (κ2) is 4.97. The Hall–Kier alpha value is -1.90. The lowest BCUT2D eigenvalue weighted by atomic mass is 10.2. The Morgan fingerprint density at radius 2 is 1.86 bits per heavy atom. The van der Waals surface area contributed by atoms with Crippen molar-refractivity contribution in [1.82, 2.24) is 0 Å². The lowest BCUT2D eigenvalue weighted by Crippen LogP contribution is -2.09. The van der Waals surface area contributed by atoms with E-state index in [0.29, 0.717) is 0 Å². The summed E-state index contributed by atoms with van der Waals surface area (Å²) in [5.74, 6) is -1.46. The van der Waals surface area contributed by atoms with Crippen LogP contribution in [0.25, 0.3) is 6.08 Å². The highest BCUT2D eigenvalue weighted by atomic mass is 16.5. The molecule has 0 fully saturated rings. The molecule has 0 bridgehead atoms. The number of ether oxygens (including phenoxy) is 1. The van der Waals surface area contributed by atoms with Crippen LogP contribution in [0.5, 0.6) is 0 Å². The van der Waals surface area contributed by atoms with Gasteiger partial charge >= 0.3 is 5.97 Å². The summed E-state index contributed by atoms with van der Waals surface area (Å²) in [6, 6.07) is 9.34. The van der Waals surface area contributed by atoms with Gasteiger partial charge in [0, 0.05) is 6.92 Å². The maximum atomic E-state index is 10.7. The summed E-state index contributed by atoms with van der Waals surface area (Å²) in [4.78, 5) is 21.2. The van der Waals surface area contributed by atoms with Gasteiger partial charge in [-0.15, -0.1) is 0 Å². The molecule has 0 aliphatic carbocycles. The van der Waals surface area contributed by atoms with E-state index in [9.17, 15) is 9.59 Å². The van der Waals surface area contributed by atoms with Gasteiger partial charge in [-0.3, -0.25) is 4.79 Å². The van der Waals surface area contributed by atoms with E-state index < -0.39 is 11.8 Å². The minimum absolute atomic E-state index is 0.609. The van der Waals surface area contributed by atoms with Gasteiger partial charge in [-0.2, -0.15) is 0 Å². The number of carbonyl (C=O) groups is 2. The predicted molar refractivity (Wildman–Crippen MR) is 52.2 cm³/mol. The molecule has 72 valence electrons. The molecule has 3 heteroatoms. The Morgan fingerprint density at radius 3 is 2.43 bits per heavy atom. The number of rotatable bonds is 3. The molecule has 0 saturated heterocycles. The van der Waals surface area contributed by atoms with Gasteiger partial charge in [0.15, 0.2) is 0 Å². The van der Waals surface area contributed by atoms with Crippen LogP contribution in [0.2, 0.25) is 0 Å². The molecule has 3 nitrogen and oxygen atoms in total. The first-order valence-corrected chi connectivity index (χ1v) is 4.13. The predicted octanol–water partition coefficient (Wildman–Crippen LogP) is 1.79. The molecular weight excluding hydrogens is 180 g/mol. The maximum Gasteiger partial charge on any atom is 0.379 e. The van der Waals surface area contributed by atoms with Crippen LogP contribution in [0.4, 0.5) is 0 Å². The highest BCUT2D eigenvalue weighted by molar-refractivity contribution is 6.32. The molecule has 0 unspecified atom stereocenters. The molecule has 0 radical (unpaired) electrons. The van der Waals surface area contributed by atoms with Crippen molar-refractivity contribution in [2.75, 3.05) is 0 Å². The van der Waals surface area contributed by atoms with Gasteiger partial charge in [0.1, 0.15) is 0 Å². The molecule has 0 aromatic heterocycles. The van der Waals surface area contributed by atoms with E-state index in [1.165, 1.54) is 13.2 Å². The zero-order chi connectivity index (χ0) is 10.4. The van der Waals surface area contributed by atoms with E-state index in [2.05, 4.69) is 4.74 Å². The minimum Gasteiger partial charge on any atom is -0.429 e. The summed E-state index contributed by atoms with van der Waals surface area (Å²) in [6.45, 7) is 1.17. The van der Waals surface area contributed by atoms with Gasteiger partial charge < -0.3 is 4.74 Å². The van der Waals surface area contributed by atoms with Crippen molar-refractivity contribution in [2.45, 2.75) is 6.92 Å². The largest absolute Gasteiger partial charge is 0.429 e. The third-order valence-corrected chi connectivity index (χ3v) is 1.52. The fourth-order valence-corrected chi connectivity index (χ4v) is 0.822. The van der Waals surface area contributed by atoms with Crippen LogP contribution < -0.4 is 0 Å². The second-order valence-electron chi connectivity index (χ2n) is 2.67. The Balaban J connectivity index is 2.50. The molecule has 0 amide bonds. The Labute approximate surface area is 82.0 Å². The average Bonchev–Trinajstić information content (AvgIpc) is 2.19. The Kier molecular flexibility index (Phi) is 3.61. The van der Waals surface area contributed by atoms with E-state index >= 15 is 0 Å². The molecule has 1 rings (SSSR count). The number of benzene rings is 1. The Morgan fingerprint density at radius 1 is 1.21 bits per heavy atom. The van der Waals surface area contributed by atoms with Crippen LogP contribution in [0, 0.1) is 0 Å². The molecule has 0 aliphatic rings. The van der Waals surface area contributed by atoms with E-state index in [4.69, 9.17) is 0 Å². The summed E-state index contributed by atoms with van der Waals surface area (Å²) >= 11 is 0. The number of esters is 1. The van der Waals surface area contributed by atoms with Gasteiger partial charge in [-0.25, -0.2) is 4.79 Å². The summed E-state index contributed by atoms with van der Waals surface area (Å²) in [7, 11) is 0. The fourth-order valence-electron chi connectivity index (χ4n) is 0.822. The molecule has 1 aromatic carbocycles. The fraction of sp³-hybridized carbons (Fsp3) is 0.0909. The van der Waals surface area contributed by atoms with Crippen molar-refractivity contribution in [2.24, 2.45) is 0 Å². The topological polar surface area (TPSA) is 43.4 Å². The highest BCUT2D eigenvalue weighted by Crippen LogP contribution is 2.00. The third-order valence-electron chi connectivity index (χ3n) is 1.52. The molecule has 14 heavy (non-hydrogen) atoms. The van der Waals surface area contributed by atoms with E-state index in [1.807, 2.05) is 30.3 Å². The van der Waals surface area contributed by atoms with Gasteiger partial charge in [-0.1, -0.05) is 30.3 Å². The molecular formula is C11H10O3. The number of ketones is 1. The van der Waals surface area contributed by atoms with Gasteiger partial charge in [0.05, 0.1) is 6.26 Å². The molecule has 0 aliphatic heterocycles. The Bertz CT molecular complexity index is 352. The quantitative estimate of drug-likeness (QED) is 0.414. The SMILES string of the molecule is CC(=O)C(=O)OC=Cc1ccccc1. The third kappa shape index (κ3) is 3.23. The van der Waals surface area contributed by atoms with Crippen molar-refractivity contribution in [1.29, 1.82) is 0 Å². The van der Waals surface area contributed by atoms with Gasteiger partial charge in [-0.05, 0) is 11.6 Å². The van der Waals surface area contributed by atoms with E-state index in [-0.39, 0.29) is 0 Å².